The van der Waals surface area contributed by atoms with E-state index < -0.39 is 10.0 Å². The Morgan fingerprint density at radius 1 is 1.32 bits per heavy atom. The Kier molecular flexibility index (Phi) is 18.4. The first-order chi connectivity index (χ1) is 11.7. The van der Waals surface area contributed by atoms with Crippen molar-refractivity contribution in [2.75, 3.05) is 19.3 Å². The molecule has 148 valence electrons. The number of rotatable bonds is 6. The summed E-state index contributed by atoms with van der Waals surface area (Å²) in [7, 11) is -2.13. The average Bonchev–Trinajstić information content (AvgIpc) is 2.98. The highest BCUT2D eigenvalue weighted by molar-refractivity contribution is 7.91. The van der Waals surface area contributed by atoms with Gasteiger partial charge < -0.3 is 10.8 Å². The zero-order valence-corrected chi connectivity index (χ0v) is 18.4. The minimum Gasteiger partial charge on any atom is -0.504 e. The molecule has 1 aromatic heterocycles. The van der Waals surface area contributed by atoms with Crippen LogP contribution in [0.4, 0.5) is 5.69 Å². The van der Waals surface area contributed by atoms with Crippen LogP contribution in [0.2, 0.25) is 0 Å². The lowest BCUT2D eigenvalue weighted by atomic mass is 10.1. The quantitative estimate of drug-likeness (QED) is 0.659. The minimum absolute atomic E-state index is 0.0954. The van der Waals surface area contributed by atoms with Crippen molar-refractivity contribution < 1.29 is 13.5 Å². The van der Waals surface area contributed by atoms with Gasteiger partial charge in [0.05, 0.1) is 5.69 Å². The number of aromatic hydroxyl groups is 1. The van der Waals surface area contributed by atoms with Gasteiger partial charge in [0.15, 0.2) is 9.96 Å². The number of hydrogen-bond acceptors (Lipinski definition) is 5. The van der Waals surface area contributed by atoms with E-state index in [-0.39, 0.29) is 15.6 Å². The van der Waals surface area contributed by atoms with Crippen LogP contribution in [0, 0.1) is 5.92 Å². The molecule has 0 radical (unpaired) electrons. The second kappa shape index (κ2) is 16.2. The number of sulfonamides is 1. The summed E-state index contributed by atoms with van der Waals surface area (Å²) in [4.78, 5) is 0. The van der Waals surface area contributed by atoms with Gasteiger partial charge in [-0.3, -0.25) is 0 Å². The third kappa shape index (κ3) is 10.3. The van der Waals surface area contributed by atoms with E-state index in [0.717, 1.165) is 22.1 Å². The average molecular weight is 393 g/mol. The number of thiophene rings is 1. The van der Waals surface area contributed by atoms with Crippen molar-refractivity contribution in [1.29, 1.82) is 0 Å². The first kappa shape index (κ1) is 28.5. The van der Waals surface area contributed by atoms with Gasteiger partial charge in [0, 0.05) is 19.0 Å². The van der Waals surface area contributed by atoms with Gasteiger partial charge in [-0.15, -0.1) is 24.5 Å². The molecule has 0 amide bonds. The predicted molar refractivity (Wildman–Crippen MR) is 113 cm³/mol. The van der Waals surface area contributed by atoms with Crippen LogP contribution in [0.3, 0.4) is 0 Å². The lowest BCUT2D eigenvalue weighted by Crippen LogP contribution is -2.25. The zero-order chi connectivity index (χ0) is 20.6. The number of nitrogen functional groups attached to an aromatic ring is 1. The molecule has 0 bridgehead atoms. The number of allylic oxidation sites excluding steroid dienone is 2. The van der Waals surface area contributed by atoms with Crippen molar-refractivity contribution in [1.82, 2.24) is 4.31 Å². The summed E-state index contributed by atoms with van der Waals surface area (Å²) in [6.07, 6.45) is 4.89. The zero-order valence-electron chi connectivity index (χ0n) is 16.7. The third-order valence-electron chi connectivity index (χ3n) is 2.79. The Morgan fingerprint density at radius 2 is 1.80 bits per heavy atom. The van der Waals surface area contributed by atoms with Crippen molar-refractivity contribution in [3.05, 3.63) is 30.7 Å². The Hall–Kier alpha value is -1.31. The molecule has 1 heterocycles. The molecule has 0 aliphatic carbocycles. The first-order valence-corrected chi connectivity index (χ1v) is 10.8. The highest BCUT2D eigenvalue weighted by atomic mass is 32.2. The van der Waals surface area contributed by atoms with Crippen molar-refractivity contribution in [3.8, 4) is 5.75 Å². The molecular formula is C18H36N2O3S2. The summed E-state index contributed by atoms with van der Waals surface area (Å²) in [5, 5.41) is 10.8. The molecule has 1 unspecified atom stereocenters. The minimum atomic E-state index is -3.58. The van der Waals surface area contributed by atoms with E-state index in [1.165, 1.54) is 12.4 Å². The number of hydrogen-bond donors (Lipinski definition) is 2. The van der Waals surface area contributed by atoms with Crippen LogP contribution >= 0.6 is 11.3 Å². The topological polar surface area (TPSA) is 83.6 Å². The number of anilines is 1. The van der Waals surface area contributed by atoms with Crippen LogP contribution in [0.5, 0.6) is 5.75 Å². The Balaban J connectivity index is -0.000000372. The van der Waals surface area contributed by atoms with Crippen molar-refractivity contribution in [3.63, 3.8) is 0 Å². The van der Waals surface area contributed by atoms with Gasteiger partial charge in [-0.25, -0.2) is 12.7 Å². The molecule has 0 spiro atoms. The molecule has 0 saturated heterocycles. The second-order valence-corrected chi connectivity index (χ2v) is 7.60. The van der Waals surface area contributed by atoms with Gasteiger partial charge in [-0.1, -0.05) is 53.7 Å². The molecular weight excluding hydrogens is 356 g/mol. The molecule has 0 saturated carbocycles. The Morgan fingerprint density at radius 3 is 2.04 bits per heavy atom. The summed E-state index contributed by atoms with van der Waals surface area (Å²) in [5.41, 5.74) is 5.45. The van der Waals surface area contributed by atoms with E-state index in [9.17, 15) is 13.5 Å². The number of nitrogens with two attached hydrogens (primary N) is 1. The molecule has 1 aromatic rings. The molecule has 3 N–H and O–H groups in total. The summed E-state index contributed by atoms with van der Waals surface area (Å²) < 4.78 is 24.5. The van der Waals surface area contributed by atoms with Crippen molar-refractivity contribution in [2.24, 2.45) is 5.92 Å². The van der Waals surface area contributed by atoms with E-state index in [0.29, 0.717) is 12.5 Å². The summed E-state index contributed by atoms with van der Waals surface area (Å²) in [6.45, 7) is 19.4. The Bertz CT molecular complexity index is 567. The molecule has 0 aliphatic heterocycles. The van der Waals surface area contributed by atoms with Gasteiger partial charge in [-0.2, -0.15) is 0 Å². The van der Waals surface area contributed by atoms with Gasteiger partial charge in [0.25, 0.3) is 10.0 Å². The van der Waals surface area contributed by atoms with E-state index in [1.807, 2.05) is 39.8 Å². The highest BCUT2D eigenvalue weighted by Crippen LogP contribution is 2.36. The van der Waals surface area contributed by atoms with Gasteiger partial charge in [0.1, 0.15) is 0 Å². The molecule has 25 heavy (non-hydrogen) atoms. The third-order valence-corrected chi connectivity index (χ3v) is 6.23. The molecule has 5 nitrogen and oxygen atoms in total. The van der Waals surface area contributed by atoms with Gasteiger partial charge >= 0.3 is 0 Å². The largest absolute Gasteiger partial charge is 0.504 e. The summed E-state index contributed by atoms with van der Waals surface area (Å²) in [5.74, 6) is 0.243. The maximum atomic E-state index is 11.7. The fraction of sp³-hybridized carbons (Fsp3) is 0.556. The lowest BCUT2D eigenvalue weighted by Gasteiger charge is -2.13. The predicted octanol–water partition coefficient (Wildman–Crippen LogP) is 5.11. The van der Waals surface area contributed by atoms with Crippen LogP contribution < -0.4 is 5.73 Å². The van der Waals surface area contributed by atoms with E-state index in [4.69, 9.17) is 5.73 Å². The molecule has 0 aromatic carbocycles. The van der Waals surface area contributed by atoms with Gasteiger partial charge in [-0.05, 0) is 12.3 Å². The second-order valence-electron chi connectivity index (χ2n) is 4.48. The van der Waals surface area contributed by atoms with Crippen LogP contribution in [-0.4, -0.2) is 31.4 Å². The van der Waals surface area contributed by atoms with Crippen LogP contribution in [0.15, 0.2) is 34.9 Å². The molecule has 7 heteroatoms. The van der Waals surface area contributed by atoms with Crippen LogP contribution in [-0.2, 0) is 10.0 Å². The maximum absolute atomic E-state index is 11.7. The molecule has 1 rings (SSSR count). The molecule has 0 aliphatic rings. The first-order valence-electron chi connectivity index (χ1n) is 8.48. The monoisotopic (exact) mass is 392 g/mol. The number of nitrogens with zero attached hydrogens (tertiary/aromatic N) is 1. The summed E-state index contributed by atoms with van der Waals surface area (Å²) in [6, 6.07) is 0. The Labute approximate surface area is 158 Å². The fourth-order valence-electron chi connectivity index (χ4n) is 1.20. The lowest BCUT2D eigenvalue weighted by molar-refractivity contribution is 0.454. The molecule has 1 atom stereocenters. The van der Waals surface area contributed by atoms with E-state index in [2.05, 4.69) is 20.1 Å². The normalized spacial score (nSPS) is 10.9. The summed E-state index contributed by atoms with van der Waals surface area (Å²) >= 11 is 0.922. The SMILES string of the molecule is C=CCC(C)C=C.CC.CC.CCN(C)S(=O)(=O)c1scc(N)c1O. The van der Waals surface area contributed by atoms with Crippen molar-refractivity contribution >= 4 is 27.0 Å². The van der Waals surface area contributed by atoms with Crippen LogP contribution in [0.1, 0.15) is 48.0 Å². The standard InChI is InChI=1S/C7H12N2O3S2.C7H12.2C2H6/c1-3-9(2)14(11,12)7-6(10)5(8)4-13-7;1-4-6-7(3)5-2;2*1-2/h4,10H,3,8H2,1-2H3;4-5,7H,1-2,6H2,3H3;2*1-2H3. The fourth-order valence-corrected chi connectivity index (χ4v) is 3.77. The van der Waals surface area contributed by atoms with E-state index in [1.54, 1.807) is 6.92 Å². The maximum Gasteiger partial charge on any atom is 0.256 e. The van der Waals surface area contributed by atoms with Crippen LogP contribution in [0.25, 0.3) is 0 Å². The van der Waals surface area contributed by atoms with Crippen molar-refractivity contribution in [2.45, 2.75) is 52.2 Å². The smallest absolute Gasteiger partial charge is 0.256 e. The van der Waals surface area contributed by atoms with E-state index >= 15 is 0 Å². The highest BCUT2D eigenvalue weighted by Gasteiger charge is 2.26. The molecule has 0 fully saturated rings. The van der Waals surface area contributed by atoms with Gasteiger partial charge in [0.2, 0.25) is 0 Å².